The van der Waals surface area contributed by atoms with Crippen LogP contribution in [0.25, 0.3) is 0 Å². The molecule has 70 heavy (non-hydrogen) atoms. The molecular formula is C60H108NO8P. The molecule has 0 saturated carbocycles. The van der Waals surface area contributed by atoms with Crippen LogP contribution in [0.4, 0.5) is 0 Å². The zero-order chi connectivity index (χ0) is 51.3. The quantitative estimate of drug-likeness (QED) is 0.0195. The van der Waals surface area contributed by atoms with Gasteiger partial charge in [0.05, 0.1) is 27.7 Å². The molecule has 0 aromatic heterocycles. The van der Waals surface area contributed by atoms with Crippen LogP contribution in [0.5, 0.6) is 0 Å². The van der Waals surface area contributed by atoms with Crippen molar-refractivity contribution >= 4 is 19.8 Å². The molecule has 0 radical (unpaired) electrons. The Balaban J connectivity index is 4.14. The number of ether oxygens (including phenoxy) is 2. The molecule has 0 saturated heterocycles. The molecule has 0 rings (SSSR count). The van der Waals surface area contributed by atoms with Gasteiger partial charge in [-0.2, -0.15) is 0 Å². The number of esters is 2. The maximum Gasteiger partial charge on any atom is 0.306 e. The molecule has 0 aliphatic heterocycles. The van der Waals surface area contributed by atoms with Crippen LogP contribution in [0.15, 0.2) is 72.9 Å². The van der Waals surface area contributed by atoms with Crippen LogP contribution in [0.1, 0.15) is 245 Å². The van der Waals surface area contributed by atoms with E-state index in [1.165, 1.54) is 154 Å². The van der Waals surface area contributed by atoms with Crippen LogP contribution in [0.3, 0.4) is 0 Å². The van der Waals surface area contributed by atoms with Gasteiger partial charge in [-0.05, 0) is 77.0 Å². The van der Waals surface area contributed by atoms with E-state index in [1.54, 1.807) is 0 Å². The Labute approximate surface area is 431 Å². The van der Waals surface area contributed by atoms with E-state index in [0.717, 1.165) is 51.4 Å². The van der Waals surface area contributed by atoms with Gasteiger partial charge in [-0.15, -0.1) is 0 Å². The third kappa shape index (κ3) is 54.8. The summed E-state index contributed by atoms with van der Waals surface area (Å²) in [5.74, 6) is -0.898. The minimum Gasteiger partial charge on any atom is -0.756 e. The molecule has 0 aromatic carbocycles. The topological polar surface area (TPSA) is 111 Å². The van der Waals surface area contributed by atoms with E-state index >= 15 is 0 Å². The number of nitrogens with zero attached hydrogens (tertiary/aromatic N) is 1. The van der Waals surface area contributed by atoms with Crippen LogP contribution in [-0.4, -0.2) is 70.0 Å². The second-order valence-corrected chi connectivity index (χ2v) is 21.7. The van der Waals surface area contributed by atoms with E-state index in [2.05, 4.69) is 80.7 Å². The fraction of sp³-hybridized carbons (Fsp3) is 0.767. The van der Waals surface area contributed by atoms with Crippen molar-refractivity contribution in [1.82, 2.24) is 0 Å². The van der Waals surface area contributed by atoms with Crippen LogP contribution < -0.4 is 4.89 Å². The van der Waals surface area contributed by atoms with Gasteiger partial charge in [0.25, 0.3) is 7.82 Å². The summed E-state index contributed by atoms with van der Waals surface area (Å²) in [7, 11) is 1.13. The molecule has 0 amide bonds. The average Bonchev–Trinajstić information content (AvgIpc) is 3.32. The highest BCUT2D eigenvalue weighted by molar-refractivity contribution is 7.45. The Hall–Kier alpha value is -2.55. The van der Waals surface area contributed by atoms with Crippen LogP contribution >= 0.6 is 7.82 Å². The summed E-state index contributed by atoms with van der Waals surface area (Å²) in [4.78, 5) is 37.8. The van der Waals surface area contributed by atoms with Gasteiger partial charge >= 0.3 is 11.9 Å². The van der Waals surface area contributed by atoms with Gasteiger partial charge in [-0.1, -0.05) is 228 Å². The summed E-state index contributed by atoms with van der Waals surface area (Å²) in [6.07, 6.45) is 66.9. The maximum atomic E-state index is 12.7. The first-order valence-electron chi connectivity index (χ1n) is 28.6. The Kier molecular flexibility index (Phi) is 49.5. The molecule has 0 heterocycles. The monoisotopic (exact) mass is 1000 g/mol. The molecule has 0 spiro atoms. The molecule has 0 aliphatic rings. The number of carbonyl (C=O) groups excluding carboxylic acids is 2. The van der Waals surface area contributed by atoms with Gasteiger partial charge in [0.15, 0.2) is 6.10 Å². The van der Waals surface area contributed by atoms with Crippen LogP contribution in [-0.2, 0) is 32.7 Å². The lowest BCUT2D eigenvalue weighted by atomic mass is 10.0. The van der Waals surface area contributed by atoms with Gasteiger partial charge in [0.2, 0.25) is 0 Å². The highest BCUT2D eigenvalue weighted by Crippen LogP contribution is 2.38. The van der Waals surface area contributed by atoms with Crippen molar-refractivity contribution in [2.45, 2.75) is 251 Å². The minimum absolute atomic E-state index is 0.0436. The van der Waals surface area contributed by atoms with Crippen LogP contribution in [0, 0.1) is 0 Å². The first-order chi connectivity index (χ1) is 34.0. The predicted molar refractivity (Wildman–Crippen MR) is 296 cm³/mol. The summed E-state index contributed by atoms with van der Waals surface area (Å²) in [6.45, 7) is 4.07. The molecule has 10 heteroatoms. The minimum atomic E-state index is -4.65. The van der Waals surface area contributed by atoms with E-state index in [-0.39, 0.29) is 26.1 Å². The molecule has 0 aromatic rings. The van der Waals surface area contributed by atoms with E-state index in [1.807, 2.05) is 27.2 Å². The van der Waals surface area contributed by atoms with Crippen molar-refractivity contribution < 1.29 is 42.1 Å². The number of likely N-dealkylation sites (N-methyl/N-ethyl adjacent to an activating group) is 1. The van der Waals surface area contributed by atoms with E-state index in [0.29, 0.717) is 23.9 Å². The molecule has 0 aliphatic carbocycles. The number of hydrogen-bond acceptors (Lipinski definition) is 8. The van der Waals surface area contributed by atoms with Crippen molar-refractivity contribution in [2.24, 2.45) is 0 Å². The summed E-state index contributed by atoms with van der Waals surface area (Å²) in [5.41, 5.74) is 0. The van der Waals surface area contributed by atoms with Crippen LogP contribution in [0.2, 0.25) is 0 Å². The number of rotatable bonds is 52. The van der Waals surface area contributed by atoms with Crippen molar-refractivity contribution in [2.75, 3.05) is 47.5 Å². The van der Waals surface area contributed by atoms with E-state index in [4.69, 9.17) is 18.5 Å². The summed E-state index contributed by atoms with van der Waals surface area (Å²) in [5, 5.41) is 0. The van der Waals surface area contributed by atoms with Gasteiger partial charge < -0.3 is 27.9 Å². The number of carbonyl (C=O) groups is 2. The fourth-order valence-corrected chi connectivity index (χ4v) is 8.53. The van der Waals surface area contributed by atoms with Gasteiger partial charge in [-0.25, -0.2) is 0 Å². The Morgan fingerprint density at radius 2 is 0.829 bits per heavy atom. The molecule has 2 atom stereocenters. The number of hydrogen-bond donors (Lipinski definition) is 0. The van der Waals surface area contributed by atoms with Crippen molar-refractivity contribution in [3.05, 3.63) is 72.9 Å². The Morgan fingerprint density at radius 1 is 0.457 bits per heavy atom. The molecule has 9 nitrogen and oxygen atoms in total. The number of quaternary nitrogens is 1. The number of phosphoric acid groups is 1. The molecular weight excluding hydrogens is 894 g/mol. The second-order valence-electron chi connectivity index (χ2n) is 20.3. The highest BCUT2D eigenvalue weighted by Gasteiger charge is 2.21. The summed E-state index contributed by atoms with van der Waals surface area (Å²) in [6, 6.07) is 0. The van der Waals surface area contributed by atoms with Crippen molar-refractivity contribution in [3.8, 4) is 0 Å². The van der Waals surface area contributed by atoms with Gasteiger partial charge in [-0.3, -0.25) is 14.2 Å². The molecule has 0 N–H and O–H groups in total. The smallest absolute Gasteiger partial charge is 0.306 e. The zero-order valence-corrected chi connectivity index (χ0v) is 46.8. The summed E-state index contributed by atoms with van der Waals surface area (Å²) >= 11 is 0. The largest absolute Gasteiger partial charge is 0.756 e. The fourth-order valence-electron chi connectivity index (χ4n) is 7.81. The third-order valence-corrected chi connectivity index (χ3v) is 13.2. The van der Waals surface area contributed by atoms with Gasteiger partial charge in [0.1, 0.15) is 19.8 Å². The molecule has 0 fully saturated rings. The third-order valence-electron chi connectivity index (χ3n) is 12.2. The van der Waals surface area contributed by atoms with E-state index in [9.17, 15) is 19.0 Å². The Bertz CT molecular complexity index is 1410. The maximum absolute atomic E-state index is 12.7. The predicted octanol–water partition coefficient (Wildman–Crippen LogP) is 17.1. The average molecular weight is 1000 g/mol. The number of allylic oxidation sites excluding steroid dienone is 12. The lowest BCUT2D eigenvalue weighted by molar-refractivity contribution is -0.870. The molecule has 2 unspecified atom stereocenters. The summed E-state index contributed by atoms with van der Waals surface area (Å²) < 4.78 is 34.0. The normalized spacial score (nSPS) is 13.9. The van der Waals surface area contributed by atoms with Crippen molar-refractivity contribution in [3.63, 3.8) is 0 Å². The van der Waals surface area contributed by atoms with E-state index < -0.39 is 32.5 Å². The Morgan fingerprint density at radius 3 is 1.27 bits per heavy atom. The molecule has 0 bridgehead atoms. The molecule has 406 valence electrons. The first-order valence-corrected chi connectivity index (χ1v) is 30.1. The lowest BCUT2D eigenvalue weighted by Gasteiger charge is -2.28. The first kappa shape index (κ1) is 67.5. The lowest BCUT2D eigenvalue weighted by Crippen LogP contribution is -2.37. The van der Waals surface area contributed by atoms with Crippen molar-refractivity contribution in [1.29, 1.82) is 0 Å². The number of phosphoric ester groups is 1. The second kappa shape index (κ2) is 51.4. The highest BCUT2D eigenvalue weighted by atomic mass is 31.2. The number of unbranched alkanes of at least 4 members (excludes halogenated alkanes) is 26. The standard InChI is InChI=1S/C60H108NO8P/c1-6-8-10-12-14-16-18-20-22-24-25-26-27-28-29-30-31-32-33-34-35-37-38-40-42-44-46-48-50-52-59(62)66-56-58(57-68-70(64,65)67-55-54-61(3,4)5)69-60(63)53-51-49-47-45-43-41-39-36-23-21-19-17-15-13-11-9-7-2/h9,11,15,17,21,23-25,39,41,45,47,58H,6-8,10,12-14,16,18-20,22,26-38,40,42-44,46,48-57H2,1-5H3/b11-9-,17-15-,23-21-,25-24-,41-39-,47-45-. The van der Waals surface area contributed by atoms with Gasteiger partial charge in [0, 0.05) is 12.8 Å². The zero-order valence-electron chi connectivity index (χ0n) is 46.0. The SMILES string of the molecule is CC/C=C\C/C=C\C/C=C\C/C=C\C/C=C\CCCC(=O)OC(COC(=O)CCCCCCCCCCCCCCCCCCC/C=C\CCCCCCCCCC)COP(=O)([O-])OCC[N+](C)(C)C.